The standard InChI is InChI=1S/2C22H27N3O2.3C21H26N4O2/c1-4-16-10-22(3)11-19(22)25(16)20(27)12-24-18-9-15-7-5-6-14(15)8-17(18)21(23-24)13(2)26;1-4-15-10-22(3)11-18(22)25(15)19(27)12-24-21-16-7-5-6-14(16)8-9-17(21)20(23-24)13(2)26;1-3-14-9-21(2)10-17(21)25(14)18(26)11-24-16-8-13-6-4-5-12(13)7-15(16)19(23-24)20(22)27;1-3-13-9-21(2)10-16(21)25(13)17(26)11-24-19-14-6-4-5-12(14)7-8-15(19)18(23-24)20(22)27;1-3-13-9-21(2)10-16(21)25(13)17(26)11-24-15-8-7-12-5-4-6-14(12)18(15)19(23-24)20(22)27/h8-9,16,19H,4-7,10-12H2,1-3H3;8-9,15,18H,4-7,10-12H2,1-3H3;7-8,14,17H,3-6,9-11H2,1-2H3,(H2,22,27);2*7-8,13,16H,3-6,9-11H2,1-2H3,(H2,22,27)/t16-,19-,22+;15-,18-,22+;14-,17?,21+;2*13-,16?,21+/m11111/s1. The van der Waals surface area contributed by atoms with Crippen LogP contribution in [0.25, 0.3) is 54.5 Å². The molecule has 3 unspecified atom stereocenters. The number of piperidine rings is 5. The van der Waals surface area contributed by atoms with E-state index < -0.39 is 17.7 Å². The molecule has 710 valence electrons. The van der Waals surface area contributed by atoms with Gasteiger partial charge in [0.1, 0.15) is 44.1 Å². The number of nitrogens with two attached hydrogens (primary N) is 3. The molecule has 5 saturated heterocycles. The molecule has 5 aromatic carbocycles. The van der Waals surface area contributed by atoms with Crippen LogP contribution in [-0.4, -0.2) is 193 Å². The van der Waals surface area contributed by atoms with Crippen LogP contribution in [0.5, 0.6) is 0 Å². The summed E-state index contributed by atoms with van der Waals surface area (Å²) in [6.45, 7) is 26.4. The Morgan fingerprint density at radius 1 is 0.296 bits per heavy atom. The number of carbonyl (C=O) groups is 10. The zero-order valence-electron chi connectivity index (χ0n) is 80.8. The zero-order valence-corrected chi connectivity index (χ0v) is 80.8. The number of hydrogen-bond acceptors (Lipinski definition) is 15. The van der Waals surface area contributed by atoms with Crippen molar-refractivity contribution in [3.8, 4) is 0 Å². The Kier molecular flexibility index (Phi) is 22.1. The highest BCUT2D eigenvalue weighted by atomic mass is 16.2. The Hall–Kier alpha value is -11.5. The summed E-state index contributed by atoms with van der Waals surface area (Å²) < 4.78 is 8.73. The number of hydrogen-bond donors (Lipinski definition) is 3. The van der Waals surface area contributed by atoms with Crippen LogP contribution in [-0.2, 0) is 121 Å². The van der Waals surface area contributed by atoms with Crippen LogP contribution >= 0.6 is 0 Å². The largest absolute Gasteiger partial charge is 0.364 e. The molecule has 0 spiro atoms. The lowest BCUT2D eigenvalue weighted by Crippen LogP contribution is -2.40. The van der Waals surface area contributed by atoms with Gasteiger partial charge in [-0.2, -0.15) is 25.5 Å². The van der Waals surface area contributed by atoms with E-state index in [9.17, 15) is 47.9 Å². The summed E-state index contributed by atoms with van der Waals surface area (Å²) in [6.07, 6.45) is 31.9. The second-order valence-corrected chi connectivity index (χ2v) is 44.3. The maximum absolute atomic E-state index is 13.3. The van der Waals surface area contributed by atoms with Gasteiger partial charge in [0.05, 0.1) is 27.6 Å². The molecule has 0 radical (unpaired) electrons. The summed E-state index contributed by atoms with van der Waals surface area (Å²) >= 11 is 0. The molecule has 15 atom stereocenters. The van der Waals surface area contributed by atoms with Gasteiger partial charge >= 0.3 is 0 Å². The summed E-state index contributed by atoms with van der Waals surface area (Å²) in [4.78, 5) is 137. The summed E-state index contributed by atoms with van der Waals surface area (Å²) in [5, 5.41) is 26.8. The molecule has 135 heavy (non-hydrogen) atoms. The van der Waals surface area contributed by atoms with E-state index in [0.717, 1.165) is 247 Å². The second-order valence-electron chi connectivity index (χ2n) is 44.3. The fourth-order valence-electron chi connectivity index (χ4n) is 27.5. The van der Waals surface area contributed by atoms with Crippen molar-refractivity contribution in [1.82, 2.24) is 73.4 Å². The van der Waals surface area contributed by atoms with E-state index in [1.54, 1.807) is 32.6 Å². The fourth-order valence-corrected chi connectivity index (χ4v) is 27.5. The number of aryl methyl sites for hydroxylation is 10. The van der Waals surface area contributed by atoms with E-state index in [1.165, 1.54) is 55.6 Å². The summed E-state index contributed by atoms with van der Waals surface area (Å²) in [6, 6.07) is 24.3. The third-order valence-corrected chi connectivity index (χ3v) is 35.2. The van der Waals surface area contributed by atoms with Crippen LogP contribution in [0, 0.1) is 27.1 Å². The number of fused-ring (bicyclic) bond motifs is 18. The fraction of sp³-hybridized carbons (Fsp3) is 0.579. The number of rotatable bonds is 20. The molecule has 15 aliphatic rings. The normalized spacial score (nSPS) is 28.5. The molecule has 6 N–H and O–H groups in total. The molecule has 28 nitrogen and oxygen atoms in total. The number of carbonyl (C=O) groups excluding carboxylic acids is 10. The highest BCUT2D eigenvalue weighted by molar-refractivity contribution is 6.10. The first kappa shape index (κ1) is 90.0. The van der Waals surface area contributed by atoms with E-state index in [-0.39, 0.29) is 85.2 Å². The van der Waals surface area contributed by atoms with E-state index in [0.29, 0.717) is 105 Å². The van der Waals surface area contributed by atoms with Crippen molar-refractivity contribution in [2.75, 3.05) is 0 Å². The van der Waals surface area contributed by atoms with E-state index in [4.69, 9.17) is 17.2 Å². The Labute approximate surface area is 788 Å². The number of nitrogens with zero attached hydrogens (tertiary/aromatic N) is 15. The molecule has 10 heterocycles. The van der Waals surface area contributed by atoms with E-state index >= 15 is 0 Å². The van der Waals surface area contributed by atoms with Crippen molar-refractivity contribution in [2.45, 2.75) is 369 Å². The zero-order chi connectivity index (χ0) is 94.6. The van der Waals surface area contributed by atoms with Crippen LogP contribution in [0.15, 0.2) is 60.7 Å². The molecular formula is C107H132N18O10. The SMILES string of the molecule is CC[C@@H]1C[C@@]2(C)CC2N1C(=O)Cn1nc(C(N)=O)c2c3c(ccc21)CCC3.CC[C@@H]1C[C@@]2(C)CC2N1C(=O)Cn1nc(C(N)=O)c2cc3c(cc21)CCC3.CC[C@@H]1C[C@@]2(C)CC2N1C(=O)Cn1nc(C(N)=O)c2ccc3c(c21)CCC3.CC[C@@H]1C[C@@]2(C)C[C@H]2N1C(=O)Cn1nc(C(C)=O)c2cc3c(cc21)CCC3.CC[C@@H]1C[C@@]2(C)C[C@H]2N1C(=O)Cn1nc(C(C)=O)c2ccc3c(c21)CCC3. The first-order valence-corrected chi connectivity index (χ1v) is 50.7. The third kappa shape index (κ3) is 15.3. The number of likely N-dealkylation sites (tertiary alicyclic amines) is 5. The average molecular weight is 1830 g/mol. The first-order chi connectivity index (χ1) is 64.6. The van der Waals surface area contributed by atoms with Gasteiger partial charge in [0.2, 0.25) is 29.5 Å². The van der Waals surface area contributed by atoms with Gasteiger partial charge in [0.15, 0.2) is 28.6 Å². The van der Waals surface area contributed by atoms with Gasteiger partial charge in [-0.25, -0.2) is 0 Å². The number of Topliss-reactive ketones (excluding diaryl/α,β-unsaturated/α-hetero) is 2. The van der Waals surface area contributed by atoms with Crippen LogP contribution in [0.1, 0.15) is 320 Å². The lowest BCUT2D eigenvalue weighted by Gasteiger charge is -2.27. The Balaban J connectivity index is 0.000000101. The predicted octanol–water partition coefficient (Wildman–Crippen LogP) is 14.3. The Bertz CT molecular complexity index is 6300. The number of ketones is 2. The van der Waals surface area contributed by atoms with Gasteiger partial charge < -0.3 is 41.7 Å². The van der Waals surface area contributed by atoms with Gasteiger partial charge in [0.25, 0.3) is 17.7 Å². The van der Waals surface area contributed by atoms with Crippen molar-refractivity contribution in [1.29, 1.82) is 0 Å². The molecule has 5 aromatic heterocycles. The third-order valence-electron chi connectivity index (χ3n) is 35.2. The average Bonchev–Trinajstić information content (AvgIpc) is 1.56. The molecule has 25 rings (SSSR count). The first-order valence-electron chi connectivity index (χ1n) is 50.7. The minimum absolute atomic E-state index is 0.0356. The summed E-state index contributed by atoms with van der Waals surface area (Å²) in [5.74, 6) is -1.03. The molecule has 5 aliphatic heterocycles. The lowest BCUT2D eigenvalue weighted by molar-refractivity contribution is -0.134. The molecule has 10 fully saturated rings. The van der Waals surface area contributed by atoms with Crippen molar-refractivity contribution in [2.24, 2.45) is 44.3 Å². The highest BCUT2D eigenvalue weighted by Gasteiger charge is 2.66. The molecule has 0 bridgehead atoms. The monoisotopic (exact) mass is 1830 g/mol. The van der Waals surface area contributed by atoms with Crippen LogP contribution in [0.4, 0.5) is 0 Å². The number of primary amides is 3. The Morgan fingerprint density at radius 2 is 0.556 bits per heavy atom. The van der Waals surface area contributed by atoms with Crippen molar-refractivity contribution < 1.29 is 47.9 Å². The maximum Gasteiger partial charge on any atom is 0.269 e. The topological polar surface area (TPSA) is 354 Å². The molecule has 10 aliphatic carbocycles. The van der Waals surface area contributed by atoms with Crippen molar-refractivity contribution >= 4 is 113 Å². The second kappa shape index (κ2) is 33.2. The van der Waals surface area contributed by atoms with E-state index in [2.05, 4.69) is 156 Å². The summed E-state index contributed by atoms with van der Waals surface area (Å²) in [7, 11) is 0. The number of amides is 8. The lowest BCUT2D eigenvalue weighted by atomic mass is 10.0. The Morgan fingerprint density at radius 3 is 0.911 bits per heavy atom. The highest BCUT2D eigenvalue weighted by Crippen LogP contribution is 2.64. The van der Waals surface area contributed by atoms with Gasteiger partial charge in [-0.15, -0.1) is 0 Å². The minimum Gasteiger partial charge on any atom is -0.364 e. The summed E-state index contributed by atoms with van der Waals surface area (Å²) in [5.41, 5.74) is 37.6. The quantitative estimate of drug-likeness (QED) is 0.0597. The number of benzene rings is 5. The number of aromatic nitrogens is 10. The van der Waals surface area contributed by atoms with Crippen LogP contribution in [0.2, 0.25) is 0 Å². The van der Waals surface area contributed by atoms with E-state index in [1.807, 2.05) is 28.9 Å². The molecule has 5 saturated carbocycles. The van der Waals surface area contributed by atoms with Gasteiger partial charge in [-0.3, -0.25) is 71.4 Å². The van der Waals surface area contributed by atoms with Crippen LogP contribution < -0.4 is 17.2 Å². The minimum atomic E-state index is -0.536. The molecule has 10 aromatic rings. The van der Waals surface area contributed by atoms with Crippen LogP contribution in [0.3, 0.4) is 0 Å². The van der Waals surface area contributed by atoms with Gasteiger partial charge in [-0.1, -0.05) is 99.6 Å². The van der Waals surface area contributed by atoms with Gasteiger partial charge in [-0.05, 0) is 306 Å². The molecule has 28 heteroatoms. The molecular weight excluding hydrogens is 1700 g/mol. The van der Waals surface area contributed by atoms with Crippen molar-refractivity contribution in [3.05, 3.63) is 145 Å². The molecule has 8 amide bonds. The predicted molar refractivity (Wildman–Crippen MR) is 515 cm³/mol. The van der Waals surface area contributed by atoms with Gasteiger partial charge in [0, 0.05) is 101 Å². The smallest absolute Gasteiger partial charge is 0.269 e. The maximum atomic E-state index is 13.3. The van der Waals surface area contributed by atoms with Crippen molar-refractivity contribution in [3.63, 3.8) is 0 Å².